The summed E-state index contributed by atoms with van der Waals surface area (Å²) in [6.07, 6.45) is 4.28. The molecule has 1 aliphatic rings. The number of aryl methyl sites for hydroxylation is 2. The second-order valence-electron chi connectivity index (χ2n) is 5.53. The number of fused-ring (bicyclic) bond motifs is 1. The highest BCUT2D eigenvalue weighted by Gasteiger charge is 2.17. The standard InChI is InChI=1S/C16H23NO2/c1-11(18)10-17-12(2)16(19)15-8-7-13-5-3-4-6-14(13)9-15/h7-9,11-12,17-18H,3-6,10H2,1-2H3. The highest BCUT2D eigenvalue weighted by molar-refractivity contribution is 6.00. The SMILES string of the molecule is CC(O)CNC(C)C(=O)c1ccc2c(c1)CCCC2. The van der Waals surface area contributed by atoms with Crippen LogP contribution in [-0.4, -0.2) is 29.6 Å². The van der Waals surface area contributed by atoms with Gasteiger partial charge in [-0.05, 0) is 56.7 Å². The molecule has 0 amide bonds. The lowest BCUT2D eigenvalue weighted by Crippen LogP contribution is -2.38. The van der Waals surface area contributed by atoms with Crippen molar-refractivity contribution in [1.29, 1.82) is 0 Å². The Balaban J connectivity index is 2.06. The predicted molar refractivity (Wildman–Crippen MR) is 76.6 cm³/mol. The average molecular weight is 261 g/mol. The lowest BCUT2D eigenvalue weighted by molar-refractivity contribution is 0.0941. The van der Waals surface area contributed by atoms with E-state index in [4.69, 9.17) is 0 Å². The monoisotopic (exact) mass is 261 g/mol. The minimum Gasteiger partial charge on any atom is -0.392 e. The first kappa shape index (κ1) is 14.2. The number of carbonyl (C=O) groups excluding carboxylic acids is 1. The van der Waals surface area contributed by atoms with Crippen LogP contribution >= 0.6 is 0 Å². The number of benzene rings is 1. The van der Waals surface area contributed by atoms with Crippen molar-refractivity contribution < 1.29 is 9.90 Å². The van der Waals surface area contributed by atoms with E-state index in [1.165, 1.54) is 24.0 Å². The Labute approximate surface area is 115 Å². The molecule has 0 bridgehead atoms. The Morgan fingerprint density at radius 1 is 1.26 bits per heavy atom. The maximum atomic E-state index is 12.3. The number of aliphatic hydroxyl groups excluding tert-OH is 1. The highest BCUT2D eigenvalue weighted by atomic mass is 16.3. The van der Waals surface area contributed by atoms with E-state index in [1.54, 1.807) is 6.92 Å². The van der Waals surface area contributed by atoms with Gasteiger partial charge in [0.1, 0.15) is 0 Å². The largest absolute Gasteiger partial charge is 0.392 e. The van der Waals surface area contributed by atoms with Crippen LogP contribution in [0, 0.1) is 0 Å². The third kappa shape index (κ3) is 3.64. The molecule has 104 valence electrons. The van der Waals surface area contributed by atoms with Crippen molar-refractivity contribution in [2.24, 2.45) is 0 Å². The van der Waals surface area contributed by atoms with E-state index in [0.717, 1.165) is 18.4 Å². The lowest BCUT2D eigenvalue weighted by atomic mass is 9.89. The second-order valence-corrected chi connectivity index (χ2v) is 5.53. The first-order valence-electron chi connectivity index (χ1n) is 7.15. The van der Waals surface area contributed by atoms with Gasteiger partial charge >= 0.3 is 0 Å². The van der Waals surface area contributed by atoms with Crippen LogP contribution in [0.3, 0.4) is 0 Å². The van der Waals surface area contributed by atoms with Crippen LogP contribution in [0.1, 0.15) is 48.2 Å². The quantitative estimate of drug-likeness (QED) is 0.798. The Bertz CT molecular complexity index is 454. The molecule has 0 spiro atoms. The van der Waals surface area contributed by atoms with Gasteiger partial charge in [-0.3, -0.25) is 4.79 Å². The number of ketones is 1. The molecule has 0 saturated heterocycles. The number of hydrogen-bond donors (Lipinski definition) is 2. The van der Waals surface area contributed by atoms with Crippen molar-refractivity contribution >= 4 is 5.78 Å². The molecule has 19 heavy (non-hydrogen) atoms. The van der Waals surface area contributed by atoms with Gasteiger partial charge in [-0.2, -0.15) is 0 Å². The number of carbonyl (C=O) groups is 1. The molecular formula is C16H23NO2. The molecule has 1 aromatic rings. The molecule has 0 radical (unpaired) electrons. The van der Waals surface area contributed by atoms with Gasteiger partial charge in [-0.15, -0.1) is 0 Å². The number of rotatable bonds is 5. The Morgan fingerprint density at radius 2 is 1.95 bits per heavy atom. The summed E-state index contributed by atoms with van der Waals surface area (Å²) in [5, 5.41) is 12.3. The number of aliphatic hydroxyl groups is 1. The Kier molecular flexibility index (Phi) is 4.72. The van der Waals surface area contributed by atoms with Gasteiger partial charge in [0, 0.05) is 12.1 Å². The van der Waals surface area contributed by atoms with Gasteiger partial charge in [0.05, 0.1) is 12.1 Å². The van der Waals surface area contributed by atoms with Crippen molar-refractivity contribution in [2.75, 3.05) is 6.54 Å². The maximum absolute atomic E-state index is 12.3. The third-order valence-corrected chi connectivity index (χ3v) is 3.75. The van der Waals surface area contributed by atoms with Crippen LogP contribution < -0.4 is 5.32 Å². The zero-order valence-corrected chi connectivity index (χ0v) is 11.8. The Morgan fingerprint density at radius 3 is 2.63 bits per heavy atom. The normalized spacial score (nSPS) is 17.6. The first-order chi connectivity index (χ1) is 9.08. The third-order valence-electron chi connectivity index (χ3n) is 3.75. The van der Waals surface area contributed by atoms with Gasteiger partial charge in [0.2, 0.25) is 0 Å². The van der Waals surface area contributed by atoms with Crippen molar-refractivity contribution in [2.45, 2.75) is 51.7 Å². The van der Waals surface area contributed by atoms with Crippen LogP contribution in [0.4, 0.5) is 0 Å². The Hall–Kier alpha value is -1.19. The fourth-order valence-electron chi connectivity index (χ4n) is 2.58. The summed E-state index contributed by atoms with van der Waals surface area (Å²) in [5.74, 6) is 0.106. The fraction of sp³-hybridized carbons (Fsp3) is 0.562. The van der Waals surface area contributed by atoms with Crippen LogP contribution in [0.2, 0.25) is 0 Å². The van der Waals surface area contributed by atoms with Crippen LogP contribution in [0.5, 0.6) is 0 Å². The summed E-state index contributed by atoms with van der Waals surface area (Å²) >= 11 is 0. The topological polar surface area (TPSA) is 49.3 Å². The molecule has 3 heteroatoms. The van der Waals surface area contributed by atoms with E-state index in [9.17, 15) is 9.90 Å². The zero-order valence-electron chi connectivity index (χ0n) is 11.8. The number of hydrogen-bond acceptors (Lipinski definition) is 3. The lowest BCUT2D eigenvalue weighted by Gasteiger charge is -2.18. The number of Topliss-reactive ketones (excluding diaryl/α,β-unsaturated/α-hetero) is 1. The van der Waals surface area contributed by atoms with Gasteiger partial charge in [0.25, 0.3) is 0 Å². The zero-order chi connectivity index (χ0) is 13.8. The summed E-state index contributed by atoms with van der Waals surface area (Å²) in [5.41, 5.74) is 3.51. The maximum Gasteiger partial charge on any atom is 0.179 e. The van der Waals surface area contributed by atoms with Gasteiger partial charge in [-0.25, -0.2) is 0 Å². The summed E-state index contributed by atoms with van der Waals surface area (Å²) in [6.45, 7) is 4.01. The molecule has 3 nitrogen and oxygen atoms in total. The van der Waals surface area contributed by atoms with Crippen LogP contribution in [-0.2, 0) is 12.8 Å². The first-order valence-corrected chi connectivity index (χ1v) is 7.15. The van der Waals surface area contributed by atoms with E-state index >= 15 is 0 Å². The second kappa shape index (κ2) is 6.31. The van der Waals surface area contributed by atoms with E-state index in [2.05, 4.69) is 17.4 Å². The van der Waals surface area contributed by atoms with Crippen molar-refractivity contribution in [3.63, 3.8) is 0 Å². The van der Waals surface area contributed by atoms with Gasteiger partial charge in [0.15, 0.2) is 5.78 Å². The molecular weight excluding hydrogens is 238 g/mol. The van der Waals surface area contributed by atoms with E-state index < -0.39 is 6.10 Å². The summed E-state index contributed by atoms with van der Waals surface area (Å²) in [7, 11) is 0. The van der Waals surface area contributed by atoms with Crippen molar-refractivity contribution in [3.8, 4) is 0 Å². The molecule has 0 fully saturated rings. The molecule has 0 aromatic heterocycles. The molecule has 2 N–H and O–H groups in total. The molecule has 0 heterocycles. The summed E-state index contributed by atoms with van der Waals surface area (Å²) < 4.78 is 0. The molecule has 2 rings (SSSR count). The molecule has 2 atom stereocenters. The highest BCUT2D eigenvalue weighted by Crippen LogP contribution is 2.22. The molecule has 0 saturated carbocycles. The van der Waals surface area contributed by atoms with Gasteiger partial charge < -0.3 is 10.4 Å². The molecule has 1 aromatic carbocycles. The van der Waals surface area contributed by atoms with E-state index in [-0.39, 0.29) is 11.8 Å². The van der Waals surface area contributed by atoms with Crippen molar-refractivity contribution in [3.05, 3.63) is 34.9 Å². The van der Waals surface area contributed by atoms with Crippen LogP contribution in [0.15, 0.2) is 18.2 Å². The minimum atomic E-state index is -0.432. The fourth-order valence-corrected chi connectivity index (χ4v) is 2.58. The smallest absolute Gasteiger partial charge is 0.179 e. The number of nitrogens with one attached hydrogen (secondary N) is 1. The van der Waals surface area contributed by atoms with E-state index in [1.807, 2.05) is 13.0 Å². The summed E-state index contributed by atoms with van der Waals surface area (Å²) in [4.78, 5) is 12.3. The van der Waals surface area contributed by atoms with E-state index in [0.29, 0.717) is 6.54 Å². The van der Waals surface area contributed by atoms with Gasteiger partial charge in [-0.1, -0.05) is 12.1 Å². The molecule has 1 aliphatic carbocycles. The van der Waals surface area contributed by atoms with Crippen molar-refractivity contribution in [1.82, 2.24) is 5.32 Å². The molecule has 0 aliphatic heterocycles. The minimum absolute atomic E-state index is 0.106. The predicted octanol–water partition coefficient (Wildman–Crippen LogP) is 2.11. The average Bonchev–Trinajstić information content (AvgIpc) is 2.43. The van der Waals surface area contributed by atoms with Crippen LogP contribution in [0.25, 0.3) is 0 Å². The summed E-state index contributed by atoms with van der Waals surface area (Å²) in [6, 6.07) is 5.84. The molecule has 2 unspecified atom stereocenters.